The van der Waals surface area contributed by atoms with Gasteiger partial charge in [-0.2, -0.15) is 5.10 Å². The Kier molecular flexibility index (Phi) is 5.07. The average molecular weight is 381 g/mol. The van der Waals surface area contributed by atoms with Gasteiger partial charge in [0.15, 0.2) is 0 Å². The molecule has 2 amide bonds. The monoisotopic (exact) mass is 381 g/mol. The molecule has 2 aromatic rings. The fraction of sp³-hybridized carbons (Fsp3) is 0.476. The summed E-state index contributed by atoms with van der Waals surface area (Å²) in [4.78, 5) is 28.8. The molecule has 1 aromatic carbocycles. The lowest BCUT2D eigenvalue weighted by Crippen LogP contribution is -2.39. The first-order valence-corrected chi connectivity index (χ1v) is 9.94. The zero-order valence-electron chi connectivity index (χ0n) is 16.5. The van der Waals surface area contributed by atoms with Crippen LogP contribution >= 0.6 is 0 Å². The lowest BCUT2D eigenvalue weighted by Gasteiger charge is -2.33. The summed E-state index contributed by atoms with van der Waals surface area (Å²) in [6.07, 6.45) is 5.35. The second-order valence-electron chi connectivity index (χ2n) is 7.89. The lowest BCUT2D eigenvalue weighted by molar-refractivity contribution is -0.117. The molecular weight excluding hydrogens is 354 g/mol. The van der Waals surface area contributed by atoms with Crippen molar-refractivity contribution >= 4 is 23.3 Å². The summed E-state index contributed by atoms with van der Waals surface area (Å²) >= 11 is 0. The molecule has 2 fully saturated rings. The zero-order chi connectivity index (χ0) is 19.7. The first-order valence-electron chi connectivity index (χ1n) is 9.94. The van der Waals surface area contributed by atoms with E-state index in [1.807, 2.05) is 58.9 Å². The Morgan fingerprint density at radius 2 is 1.71 bits per heavy atom. The van der Waals surface area contributed by atoms with Crippen LogP contribution in [0.4, 0.5) is 11.5 Å². The zero-order valence-corrected chi connectivity index (χ0v) is 16.5. The second kappa shape index (κ2) is 7.66. The van der Waals surface area contributed by atoms with Crippen molar-refractivity contribution in [2.75, 3.05) is 37.4 Å². The van der Waals surface area contributed by atoms with E-state index in [2.05, 4.69) is 10.4 Å². The molecule has 7 nitrogen and oxygen atoms in total. The molecule has 0 unspecified atom stereocenters. The van der Waals surface area contributed by atoms with Gasteiger partial charge in [0.1, 0.15) is 5.82 Å². The highest BCUT2D eigenvalue weighted by Gasteiger charge is 2.31. The smallest absolute Gasteiger partial charge is 0.253 e. The Morgan fingerprint density at radius 1 is 1.04 bits per heavy atom. The maximum atomic E-state index is 12.8. The first kappa shape index (κ1) is 18.5. The second-order valence-corrected chi connectivity index (χ2v) is 7.89. The molecule has 7 heteroatoms. The number of aromatic nitrogens is 2. The van der Waals surface area contributed by atoms with Crippen LogP contribution in [0.5, 0.6) is 0 Å². The number of nitrogens with one attached hydrogen (secondary N) is 1. The molecule has 0 bridgehead atoms. The van der Waals surface area contributed by atoms with Crippen LogP contribution in [0.3, 0.4) is 0 Å². The average Bonchev–Trinajstić information content (AvgIpc) is 3.47. The Labute approximate surface area is 165 Å². The molecule has 0 radical (unpaired) electrons. The van der Waals surface area contributed by atoms with Crippen molar-refractivity contribution in [2.45, 2.75) is 31.7 Å². The van der Waals surface area contributed by atoms with Gasteiger partial charge in [-0.15, -0.1) is 0 Å². The normalized spacial score (nSPS) is 17.4. The predicted octanol–water partition coefficient (Wildman–Crippen LogP) is 2.77. The van der Waals surface area contributed by atoms with Gasteiger partial charge in [-0.1, -0.05) is 0 Å². The van der Waals surface area contributed by atoms with Gasteiger partial charge in [0.05, 0.1) is 12.2 Å². The van der Waals surface area contributed by atoms with Gasteiger partial charge in [0, 0.05) is 50.4 Å². The number of benzene rings is 1. The topological polar surface area (TPSA) is 70.5 Å². The molecule has 1 saturated heterocycles. The molecule has 1 saturated carbocycles. The SMILES string of the molecule is CN(C)c1ccc(C(=O)N2CCC(n3nccc3NC(=O)C3CC3)CC2)cc1. The molecule has 0 spiro atoms. The molecule has 1 aliphatic heterocycles. The van der Waals surface area contributed by atoms with Gasteiger partial charge in [-0.3, -0.25) is 9.59 Å². The highest BCUT2D eigenvalue weighted by Crippen LogP contribution is 2.31. The van der Waals surface area contributed by atoms with E-state index in [0.717, 1.165) is 42.8 Å². The molecule has 4 rings (SSSR count). The molecule has 1 N–H and O–H groups in total. The maximum Gasteiger partial charge on any atom is 0.253 e. The Morgan fingerprint density at radius 3 is 2.32 bits per heavy atom. The van der Waals surface area contributed by atoms with E-state index in [4.69, 9.17) is 0 Å². The lowest BCUT2D eigenvalue weighted by atomic mass is 10.0. The number of rotatable bonds is 5. The molecule has 2 heterocycles. The highest BCUT2D eigenvalue weighted by atomic mass is 16.2. The summed E-state index contributed by atoms with van der Waals surface area (Å²) in [5, 5.41) is 7.42. The Hall–Kier alpha value is -2.83. The first-order chi connectivity index (χ1) is 13.5. The van der Waals surface area contributed by atoms with Crippen molar-refractivity contribution in [1.82, 2.24) is 14.7 Å². The van der Waals surface area contributed by atoms with E-state index in [1.54, 1.807) is 6.20 Å². The highest BCUT2D eigenvalue weighted by molar-refractivity contribution is 5.94. The largest absolute Gasteiger partial charge is 0.378 e. The molecule has 2 aliphatic rings. The summed E-state index contributed by atoms with van der Waals surface area (Å²) in [7, 11) is 3.97. The third-order valence-electron chi connectivity index (χ3n) is 5.60. The van der Waals surface area contributed by atoms with Crippen LogP contribution < -0.4 is 10.2 Å². The summed E-state index contributed by atoms with van der Waals surface area (Å²) in [5.74, 6) is 1.10. The van der Waals surface area contributed by atoms with Crippen LogP contribution in [-0.4, -0.2) is 53.7 Å². The van der Waals surface area contributed by atoms with Crippen LogP contribution in [0.15, 0.2) is 36.5 Å². The van der Waals surface area contributed by atoms with Crippen LogP contribution in [-0.2, 0) is 4.79 Å². The molecule has 0 atom stereocenters. The minimum atomic E-state index is 0.0754. The molecular formula is C21H27N5O2. The standard InChI is InChI=1S/C21H27N5O2/c1-24(2)17-7-5-16(6-8-17)21(28)25-13-10-18(11-14-25)26-19(9-12-22-26)23-20(27)15-3-4-15/h5-9,12,15,18H,3-4,10-11,13-14H2,1-2H3,(H,23,27). The number of hydrogen-bond donors (Lipinski definition) is 1. The quantitative estimate of drug-likeness (QED) is 0.865. The van der Waals surface area contributed by atoms with Gasteiger partial charge in [-0.25, -0.2) is 4.68 Å². The molecule has 28 heavy (non-hydrogen) atoms. The van der Waals surface area contributed by atoms with Crippen molar-refractivity contribution in [1.29, 1.82) is 0 Å². The third-order valence-corrected chi connectivity index (χ3v) is 5.60. The number of nitrogens with zero attached hydrogens (tertiary/aromatic N) is 4. The van der Waals surface area contributed by atoms with Crippen LogP contribution in [0.2, 0.25) is 0 Å². The predicted molar refractivity (Wildman–Crippen MR) is 109 cm³/mol. The van der Waals surface area contributed by atoms with Crippen LogP contribution in [0.1, 0.15) is 42.1 Å². The van der Waals surface area contributed by atoms with Crippen LogP contribution in [0.25, 0.3) is 0 Å². The van der Waals surface area contributed by atoms with E-state index >= 15 is 0 Å². The number of carbonyl (C=O) groups is 2. The van der Waals surface area contributed by atoms with E-state index in [9.17, 15) is 9.59 Å². The number of piperidine rings is 1. The third kappa shape index (κ3) is 3.88. The minimum absolute atomic E-state index is 0.0754. The molecule has 148 valence electrons. The van der Waals surface area contributed by atoms with E-state index in [0.29, 0.717) is 13.1 Å². The van der Waals surface area contributed by atoms with Crippen molar-refractivity contribution in [3.63, 3.8) is 0 Å². The maximum absolute atomic E-state index is 12.8. The summed E-state index contributed by atoms with van der Waals surface area (Å²) in [5.41, 5.74) is 1.80. The van der Waals surface area contributed by atoms with Gasteiger partial charge in [0.25, 0.3) is 5.91 Å². The van der Waals surface area contributed by atoms with E-state index < -0.39 is 0 Å². The number of carbonyl (C=O) groups excluding carboxylic acids is 2. The number of hydrogen-bond acceptors (Lipinski definition) is 4. The van der Waals surface area contributed by atoms with Gasteiger partial charge >= 0.3 is 0 Å². The number of amides is 2. The van der Waals surface area contributed by atoms with Gasteiger partial charge in [-0.05, 0) is 49.9 Å². The van der Waals surface area contributed by atoms with Gasteiger partial charge in [0.2, 0.25) is 5.91 Å². The van der Waals surface area contributed by atoms with Crippen molar-refractivity contribution in [3.05, 3.63) is 42.1 Å². The summed E-state index contributed by atoms with van der Waals surface area (Å²) in [6, 6.07) is 9.77. The minimum Gasteiger partial charge on any atom is -0.378 e. The fourth-order valence-corrected chi connectivity index (χ4v) is 3.68. The number of likely N-dealkylation sites (tertiary alicyclic amines) is 1. The molecule has 1 aromatic heterocycles. The summed E-state index contributed by atoms with van der Waals surface area (Å²) in [6.45, 7) is 1.38. The summed E-state index contributed by atoms with van der Waals surface area (Å²) < 4.78 is 1.91. The Bertz CT molecular complexity index is 846. The van der Waals surface area contributed by atoms with Crippen molar-refractivity contribution in [3.8, 4) is 0 Å². The fourth-order valence-electron chi connectivity index (χ4n) is 3.68. The van der Waals surface area contributed by atoms with Gasteiger partial charge < -0.3 is 15.1 Å². The van der Waals surface area contributed by atoms with Crippen LogP contribution in [0, 0.1) is 5.92 Å². The number of anilines is 2. The van der Waals surface area contributed by atoms with Crippen molar-refractivity contribution < 1.29 is 9.59 Å². The van der Waals surface area contributed by atoms with Crippen molar-refractivity contribution in [2.24, 2.45) is 5.92 Å². The van der Waals surface area contributed by atoms with E-state index in [-0.39, 0.29) is 23.8 Å². The molecule has 1 aliphatic carbocycles. The van der Waals surface area contributed by atoms with E-state index in [1.165, 1.54) is 0 Å². The Balaban J connectivity index is 1.36.